The minimum atomic E-state index is -0.534. The first-order valence-electron chi connectivity index (χ1n) is 12.3. The number of hydrogen-bond acceptors (Lipinski definition) is 6. The lowest BCUT2D eigenvalue weighted by molar-refractivity contribution is 0.0728. The van der Waals surface area contributed by atoms with E-state index in [0.29, 0.717) is 46.4 Å². The molecule has 7 nitrogen and oxygen atoms in total. The highest BCUT2D eigenvalue weighted by Gasteiger charge is 2.13. The van der Waals surface area contributed by atoms with Crippen LogP contribution in [-0.4, -0.2) is 24.7 Å². The van der Waals surface area contributed by atoms with Crippen LogP contribution < -0.4 is 19.6 Å². The Morgan fingerprint density at radius 3 is 2.23 bits per heavy atom. The van der Waals surface area contributed by atoms with Crippen molar-refractivity contribution in [2.24, 2.45) is 5.10 Å². The zero-order valence-electron chi connectivity index (χ0n) is 21.5. The summed E-state index contributed by atoms with van der Waals surface area (Å²) in [7, 11) is 0. The van der Waals surface area contributed by atoms with E-state index in [2.05, 4.69) is 10.5 Å². The minimum Gasteiger partial charge on any atom is -0.490 e. The molecule has 0 aliphatic carbocycles. The molecule has 1 amide bonds. The quantitative estimate of drug-likeness (QED) is 0.105. The summed E-state index contributed by atoms with van der Waals surface area (Å²) < 4.78 is 16.9. The van der Waals surface area contributed by atoms with Crippen molar-refractivity contribution in [1.29, 1.82) is 0 Å². The Hall–Kier alpha value is -4.62. The Kier molecular flexibility index (Phi) is 9.32. The number of nitrogens with one attached hydrogen (secondary N) is 1. The number of ether oxygens (including phenoxy) is 3. The molecule has 198 valence electrons. The summed E-state index contributed by atoms with van der Waals surface area (Å²) in [5.74, 6) is 0.401. The van der Waals surface area contributed by atoms with Gasteiger partial charge < -0.3 is 14.2 Å². The van der Waals surface area contributed by atoms with E-state index >= 15 is 0 Å². The molecule has 0 aliphatic heterocycles. The predicted octanol–water partition coefficient (Wildman–Crippen LogP) is 6.61. The lowest BCUT2D eigenvalue weighted by Gasteiger charge is -2.11. The Bertz CT molecular complexity index is 1450. The van der Waals surface area contributed by atoms with E-state index in [1.165, 1.54) is 11.8 Å². The van der Waals surface area contributed by atoms with Gasteiger partial charge in [0.05, 0.1) is 18.4 Å². The number of amides is 1. The fraction of sp³-hybridized carbons (Fsp3) is 0.129. The molecular formula is C31H27ClN2O5. The molecule has 0 heterocycles. The Labute approximate surface area is 232 Å². The van der Waals surface area contributed by atoms with Crippen molar-refractivity contribution in [2.45, 2.75) is 20.5 Å². The lowest BCUT2D eigenvalue weighted by Crippen LogP contribution is -2.17. The summed E-state index contributed by atoms with van der Waals surface area (Å²) in [6, 6.07) is 26.3. The molecule has 0 bridgehead atoms. The molecule has 0 aliphatic rings. The highest BCUT2D eigenvalue weighted by Crippen LogP contribution is 2.29. The van der Waals surface area contributed by atoms with E-state index in [9.17, 15) is 9.59 Å². The van der Waals surface area contributed by atoms with Gasteiger partial charge >= 0.3 is 5.97 Å². The lowest BCUT2D eigenvalue weighted by atomic mass is 10.2. The van der Waals surface area contributed by atoms with Gasteiger partial charge in [-0.3, -0.25) is 4.79 Å². The molecule has 0 saturated carbocycles. The van der Waals surface area contributed by atoms with Gasteiger partial charge in [-0.05, 0) is 91.7 Å². The molecule has 0 fully saturated rings. The number of carbonyl (C=O) groups excluding carboxylic acids is 2. The summed E-state index contributed by atoms with van der Waals surface area (Å²) >= 11 is 5.88. The highest BCUT2D eigenvalue weighted by molar-refractivity contribution is 6.30. The van der Waals surface area contributed by atoms with Crippen LogP contribution in [0.15, 0.2) is 96.1 Å². The van der Waals surface area contributed by atoms with E-state index in [4.69, 9.17) is 25.8 Å². The van der Waals surface area contributed by atoms with Crippen LogP contribution in [0.3, 0.4) is 0 Å². The summed E-state index contributed by atoms with van der Waals surface area (Å²) in [6.45, 7) is 4.67. The second-order valence-corrected chi connectivity index (χ2v) is 8.97. The number of benzene rings is 4. The van der Waals surface area contributed by atoms with E-state index in [1.54, 1.807) is 66.7 Å². The number of carbonyl (C=O) groups is 2. The number of aryl methyl sites for hydroxylation is 1. The van der Waals surface area contributed by atoms with Gasteiger partial charge in [0.2, 0.25) is 0 Å². The highest BCUT2D eigenvalue weighted by atomic mass is 35.5. The van der Waals surface area contributed by atoms with Crippen molar-refractivity contribution >= 4 is 29.7 Å². The Morgan fingerprint density at radius 2 is 1.54 bits per heavy atom. The van der Waals surface area contributed by atoms with Crippen LogP contribution in [0.1, 0.15) is 44.3 Å². The van der Waals surface area contributed by atoms with Crippen LogP contribution in [0.25, 0.3) is 0 Å². The van der Waals surface area contributed by atoms with Crippen LogP contribution in [0.4, 0.5) is 0 Å². The van der Waals surface area contributed by atoms with Gasteiger partial charge in [-0.1, -0.05) is 41.4 Å². The van der Waals surface area contributed by atoms with Crippen LogP contribution in [0.5, 0.6) is 17.2 Å². The van der Waals surface area contributed by atoms with Gasteiger partial charge in [0, 0.05) is 10.6 Å². The van der Waals surface area contributed by atoms with Crippen LogP contribution >= 0.6 is 11.6 Å². The van der Waals surface area contributed by atoms with Crippen molar-refractivity contribution in [2.75, 3.05) is 6.61 Å². The molecule has 0 unspecified atom stereocenters. The number of esters is 1. The number of halogens is 1. The molecule has 39 heavy (non-hydrogen) atoms. The average Bonchev–Trinajstić information content (AvgIpc) is 2.95. The van der Waals surface area contributed by atoms with Crippen molar-refractivity contribution in [3.05, 3.63) is 124 Å². The van der Waals surface area contributed by atoms with Crippen molar-refractivity contribution in [3.8, 4) is 17.2 Å². The van der Waals surface area contributed by atoms with Gasteiger partial charge in [0.1, 0.15) is 12.4 Å². The van der Waals surface area contributed by atoms with E-state index in [1.807, 2.05) is 38.1 Å². The number of nitrogens with zero attached hydrogens (tertiary/aromatic N) is 1. The Morgan fingerprint density at radius 1 is 0.846 bits per heavy atom. The van der Waals surface area contributed by atoms with Crippen molar-refractivity contribution < 1.29 is 23.8 Å². The first-order valence-corrected chi connectivity index (χ1v) is 12.7. The van der Waals surface area contributed by atoms with Crippen LogP contribution in [-0.2, 0) is 6.61 Å². The molecule has 4 aromatic rings. The molecule has 0 aromatic heterocycles. The van der Waals surface area contributed by atoms with Crippen molar-refractivity contribution in [3.63, 3.8) is 0 Å². The summed E-state index contributed by atoms with van der Waals surface area (Å²) in [6.07, 6.45) is 1.48. The van der Waals surface area contributed by atoms with Gasteiger partial charge in [-0.15, -0.1) is 0 Å². The third-order valence-corrected chi connectivity index (χ3v) is 5.82. The SMILES string of the molecule is CCOc1cc(/C=N/NC(=O)c2ccc(OCc3ccc(C)cc3)cc2)ccc1OC(=O)c1ccc(Cl)cc1. The number of hydrazone groups is 1. The number of hydrogen-bond donors (Lipinski definition) is 1. The summed E-state index contributed by atoms with van der Waals surface area (Å²) in [4.78, 5) is 25.0. The minimum absolute atomic E-state index is 0.266. The van der Waals surface area contributed by atoms with Crippen LogP contribution in [0, 0.1) is 6.92 Å². The molecule has 0 atom stereocenters. The van der Waals surface area contributed by atoms with E-state index < -0.39 is 5.97 Å². The van der Waals surface area contributed by atoms with Gasteiger partial charge in [0.15, 0.2) is 11.5 Å². The normalized spacial score (nSPS) is 10.7. The maximum absolute atomic E-state index is 12.5. The molecule has 1 N–H and O–H groups in total. The van der Waals surface area contributed by atoms with Crippen molar-refractivity contribution in [1.82, 2.24) is 5.43 Å². The smallest absolute Gasteiger partial charge is 0.343 e. The molecular weight excluding hydrogens is 516 g/mol. The monoisotopic (exact) mass is 542 g/mol. The molecule has 8 heteroatoms. The second kappa shape index (κ2) is 13.3. The predicted molar refractivity (Wildman–Crippen MR) is 151 cm³/mol. The maximum atomic E-state index is 12.5. The molecule has 4 aromatic carbocycles. The maximum Gasteiger partial charge on any atom is 0.343 e. The molecule has 0 spiro atoms. The molecule has 0 radical (unpaired) electrons. The summed E-state index contributed by atoms with van der Waals surface area (Å²) in [5, 5.41) is 4.56. The van der Waals surface area contributed by atoms with E-state index in [0.717, 1.165) is 5.56 Å². The fourth-order valence-corrected chi connectivity index (χ4v) is 3.61. The van der Waals surface area contributed by atoms with Gasteiger partial charge in [0.25, 0.3) is 5.91 Å². The summed E-state index contributed by atoms with van der Waals surface area (Å²) in [5.41, 5.74) is 6.21. The fourth-order valence-electron chi connectivity index (χ4n) is 3.49. The first kappa shape index (κ1) is 27.4. The standard InChI is InChI=1S/C31H27ClN2O5/c1-3-37-29-18-23(8-17-28(29)39-31(36)25-9-13-26(32)14-10-25)19-33-34-30(35)24-11-15-27(16-12-24)38-20-22-6-4-21(2)5-7-22/h4-19H,3,20H2,1-2H3,(H,34,35)/b33-19+. The zero-order valence-corrected chi connectivity index (χ0v) is 22.3. The Balaban J connectivity index is 1.33. The largest absolute Gasteiger partial charge is 0.490 e. The second-order valence-electron chi connectivity index (χ2n) is 8.53. The third-order valence-electron chi connectivity index (χ3n) is 5.57. The first-order chi connectivity index (χ1) is 18.9. The van der Waals surface area contributed by atoms with E-state index in [-0.39, 0.29) is 11.7 Å². The topological polar surface area (TPSA) is 86.2 Å². The van der Waals surface area contributed by atoms with Gasteiger partial charge in [-0.2, -0.15) is 5.10 Å². The third kappa shape index (κ3) is 7.93. The molecule has 0 saturated heterocycles. The van der Waals surface area contributed by atoms with Gasteiger partial charge in [-0.25, -0.2) is 10.2 Å². The zero-order chi connectivity index (χ0) is 27.6. The van der Waals surface area contributed by atoms with Crippen LogP contribution in [0.2, 0.25) is 5.02 Å². The average molecular weight is 543 g/mol. The molecule has 4 rings (SSSR count). The number of rotatable bonds is 10.